The van der Waals surface area contributed by atoms with Gasteiger partial charge in [0.15, 0.2) is 0 Å². The first-order valence-corrected chi connectivity index (χ1v) is 7.27. The Labute approximate surface area is 131 Å². The number of esters is 1. The van der Waals surface area contributed by atoms with Crippen LogP contribution in [0, 0.1) is 0 Å². The number of H-pyrrole nitrogens is 1. The first kappa shape index (κ1) is 16.5. The van der Waals surface area contributed by atoms with Gasteiger partial charge in [0.1, 0.15) is 11.7 Å². The Kier molecular flexibility index (Phi) is 5.18. The fourth-order valence-corrected chi connectivity index (χ4v) is 2.26. The van der Waals surface area contributed by atoms with Crippen LogP contribution in [-0.2, 0) is 4.74 Å². The lowest BCUT2D eigenvalue weighted by Crippen LogP contribution is -2.21. The lowest BCUT2D eigenvalue weighted by atomic mass is 10.0. The molecule has 3 N–H and O–H groups in total. The molecule has 22 heavy (non-hydrogen) atoms. The molecule has 2 rings (SSSR count). The van der Waals surface area contributed by atoms with Gasteiger partial charge in [-0.15, -0.1) is 11.6 Å². The number of benzene rings is 1. The summed E-state index contributed by atoms with van der Waals surface area (Å²) in [6, 6.07) is 4.59. The summed E-state index contributed by atoms with van der Waals surface area (Å²) in [6.07, 6.45) is -1.06. The highest BCUT2D eigenvalue weighted by Gasteiger charge is 2.19. The second kappa shape index (κ2) is 6.91. The number of hydrogen-bond acceptors (Lipinski definition) is 5. The number of aliphatic hydroxyl groups excluding tert-OH is 2. The number of halogens is 1. The molecule has 2 atom stereocenters. The third kappa shape index (κ3) is 3.14. The van der Waals surface area contributed by atoms with Crippen LogP contribution in [0.5, 0.6) is 0 Å². The third-order valence-electron chi connectivity index (χ3n) is 3.26. The second-order valence-corrected chi connectivity index (χ2v) is 5.03. The minimum absolute atomic E-state index is 0.112. The Morgan fingerprint density at radius 1 is 1.41 bits per heavy atom. The molecular weight excluding hydrogens is 310 g/mol. The van der Waals surface area contributed by atoms with E-state index in [1.807, 2.05) is 0 Å². The van der Waals surface area contributed by atoms with Crippen molar-refractivity contribution in [1.82, 2.24) is 4.98 Å². The second-order valence-electron chi connectivity index (χ2n) is 4.72. The summed E-state index contributed by atoms with van der Waals surface area (Å²) in [6.45, 7) is 1.81. The van der Waals surface area contributed by atoms with Crippen molar-refractivity contribution in [2.24, 2.45) is 0 Å². The summed E-state index contributed by atoms with van der Waals surface area (Å²) in [7, 11) is 0. The van der Waals surface area contributed by atoms with E-state index in [0.717, 1.165) is 0 Å². The number of pyridine rings is 1. The number of nitrogens with one attached hydrogen (secondary N) is 1. The van der Waals surface area contributed by atoms with Crippen molar-refractivity contribution in [2.45, 2.75) is 19.1 Å². The number of ether oxygens (including phenoxy) is 1. The van der Waals surface area contributed by atoms with E-state index in [0.29, 0.717) is 11.1 Å². The number of carbonyl (C=O) groups is 1. The molecule has 6 nitrogen and oxygen atoms in total. The monoisotopic (exact) mass is 325 g/mol. The number of fused-ring (bicyclic) bond motifs is 1. The average molecular weight is 326 g/mol. The van der Waals surface area contributed by atoms with Gasteiger partial charge in [-0.1, -0.05) is 6.07 Å². The molecule has 0 aliphatic carbocycles. The van der Waals surface area contributed by atoms with Crippen molar-refractivity contribution in [1.29, 1.82) is 0 Å². The van der Waals surface area contributed by atoms with Gasteiger partial charge in [-0.3, -0.25) is 4.79 Å². The lowest BCUT2D eigenvalue weighted by molar-refractivity contribution is 0.0328. The van der Waals surface area contributed by atoms with Crippen molar-refractivity contribution in [3.63, 3.8) is 0 Å². The average Bonchev–Trinajstić information content (AvgIpc) is 2.53. The van der Waals surface area contributed by atoms with Gasteiger partial charge in [-0.25, -0.2) is 4.79 Å². The zero-order valence-corrected chi connectivity index (χ0v) is 12.6. The quantitative estimate of drug-likeness (QED) is 0.569. The molecule has 2 unspecified atom stereocenters. The van der Waals surface area contributed by atoms with Gasteiger partial charge < -0.3 is 19.9 Å². The number of rotatable bonds is 5. The van der Waals surface area contributed by atoms with Crippen molar-refractivity contribution in [2.75, 3.05) is 12.5 Å². The van der Waals surface area contributed by atoms with Gasteiger partial charge >= 0.3 is 5.97 Å². The van der Waals surface area contributed by atoms with E-state index in [-0.39, 0.29) is 23.4 Å². The molecule has 0 aliphatic heterocycles. The van der Waals surface area contributed by atoms with Gasteiger partial charge in [0.25, 0.3) is 0 Å². The van der Waals surface area contributed by atoms with Crippen molar-refractivity contribution in [3.8, 4) is 0 Å². The SMILES string of the molecule is CCOC(=O)c1c[nH]c2ccc(C(O)C(O)CCl)cc2c1=O. The fourth-order valence-electron chi connectivity index (χ4n) is 2.09. The molecule has 0 amide bonds. The molecular formula is C15H16ClNO5. The summed E-state index contributed by atoms with van der Waals surface area (Å²) in [4.78, 5) is 26.9. The number of alkyl halides is 1. The van der Waals surface area contributed by atoms with Crippen LogP contribution >= 0.6 is 11.6 Å². The topological polar surface area (TPSA) is 99.6 Å². The van der Waals surface area contributed by atoms with E-state index in [2.05, 4.69) is 4.98 Å². The van der Waals surface area contributed by atoms with Gasteiger partial charge in [0.2, 0.25) is 5.43 Å². The van der Waals surface area contributed by atoms with E-state index in [4.69, 9.17) is 16.3 Å². The number of aliphatic hydroxyl groups is 2. The Bertz CT molecular complexity index is 742. The molecule has 0 radical (unpaired) electrons. The summed E-state index contributed by atoms with van der Waals surface area (Å²) in [5, 5.41) is 19.8. The molecule has 118 valence electrons. The normalized spacial score (nSPS) is 13.8. The molecule has 0 saturated carbocycles. The Balaban J connectivity index is 2.53. The van der Waals surface area contributed by atoms with Crippen LogP contribution in [-0.4, -0.2) is 39.8 Å². The highest BCUT2D eigenvalue weighted by Crippen LogP contribution is 2.21. The zero-order valence-electron chi connectivity index (χ0n) is 11.9. The van der Waals surface area contributed by atoms with Gasteiger partial charge in [-0.2, -0.15) is 0 Å². The number of hydrogen-bond donors (Lipinski definition) is 3. The fraction of sp³-hybridized carbons (Fsp3) is 0.333. The van der Waals surface area contributed by atoms with E-state index in [9.17, 15) is 19.8 Å². The predicted molar refractivity (Wildman–Crippen MR) is 82.2 cm³/mol. The van der Waals surface area contributed by atoms with Crippen LogP contribution in [0.4, 0.5) is 0 Å². The van der Waals surface area contributed by atoms with Crippen LogP contribution in [0.25, 0.3) is 10.9 Å². The predicted octanol–water partition coefficient (Wildman–Crippen LogP) is 1.34. The van der Waals surface area contributed by atoms with Crippen molar-refractivity contribution in [3.05, 3.63) is 45.7 Å². The van der Waals surface area contributed by atoms with Crippen LogP contribution < -0.4 is 5.43 Å². The van der Waals surface area contributed by atoms with Gasteiger partial charge in [0, 0.05) is 17.1 Å². The highest BCUT2D eigenvalue weighted by molar-refractivity contribution is 6.18. The van der Waals surface area contributed by atoms with Crippen LogP contribution in [0.3, 0.4) is 0 Å². The molecule has 0 spiro atoms. The molecule has 1 aromatic heterocycles. The van der Waals surface area contributed by atoms with E-state index < -0.39 is 23.6 Å². The Morgan fingerprint density at radius 2 is 2.14 bits per heavy atom. The molecule has 1 heterocycles. The largest absolute Gasteiger partial charge is 0.462 e. The van der Waals surface area contributed by atoms with E-state index in [1.54, 1.807) is 19.1 Å². The molecule has 2 aromatic rings. The van der Waals surface area contributed by atoms with Crippen LogP contribution in [0.15, 0.2) is 29.2 Å². The number of aromatic amines is 1. The van der Waals surface area contributed by atoms with Crippen LogP contribution in [0.2, 0.25) is 0 Å². The lowest BCUT2D eigenvalue weighted by Gasteiger charge is -2.16. The molecule has 0 aliphatic rings. The molecule has 0 fully saturated rings. The van der Waals surface area contributed by atoms with E-state index in [1.165, 1.54) is 12.3 Å². The molecule has 1 aromatic carbocycles. The summed E-state index contributed by atoms with van der Waals surface area (Å²) >= 11 is 5.51. The summed E-state index contributed by atoms with van der Waals surface area (Å²) in [5.41, 5.74) is 0.238. The van der Waals surface area contributed by atoms with Gasteiger partial charge in [0.05, 0.1) is 18.6 Å². The minimum Gasteiger partial charge on any atom is -0.462 e. The molecule has 0 bridgehead atoms. The first-order chi connectivity index (χ1) is 10.5. The third-order valence-corrected chi connectivity index (χ3v) is 3.58. The highest BCUT2D eigenvalue weighted by atomic mass is 35.5. The van der Waals surface area contributed by atoms with Gasteiger partial charge in [-0.05, 0) is 24.6 Å². The van der Waals surface area contributed by atoms with Crippen molar-refractivity contribution < 1.29 is 19.7 Å². The maximum Gasteiger partial charge on any atom is 0.343 e. The maximum atomic E-state index is 12.4. The standard InChI is InChI=1S/C15H16ClNO5/c1-2-22-15(21)10-7-17-11-4-3-8(5-9(11)14(10)20)13(19)12(18)6-16/h3-5,7,12-13,18-19H,2,6H2,1H3,(H,17,20). The summed E-state index contributed by atoms with van der Waals surface area (Å²) < 4.78 is 4.83. The smallest absolute Gasteiger partial charge is 0.343 e. The summed E-state index contributed by atoms with van der Waals surface area (Å²) in [5.74, 6) is -0.851. The Hall–Kier alpha value is -1.89. The number of aromatic nitrogens is 1. The van der Waals surface area contributed by atoms with Crippen LogP contribution in [0.1, 0.15) is 28.9 Å². The van der Waals surface area contributed by atoms with Crippen molar-refractivity contribution >= 4 is 28.5 Å². The minimum atomic E-state index is -1.22. The number of carbonyl (C=O) groups excluding carboxylic acids is 1. The zero-order chi connectivity index (χ0) is 16.3. The first-order valence-electron chi connectivity index (χ1n) is 6.74. The molecule has 0 saturated heterocycles. The maximum absolute atomic E-state index is 12.4. The van der Waals surface area contributed by atoms with E-state index >= 15 is 0 Å². The Morgan fingerprint density at radius 3 is 2.77 bits per heavy atom. The molecule has 7 heteroatoms.